The van der Waals surface area contributed by atoms with Crippen LogP contribution in [0.2, 0.25) is 0 Å². The molecule has 0 radical (unpaired) electrons. The lowest BCUT2D eigenvalue weighted by Crippen LogP contribution is -2.38. The van der Waals surface area contributed by atoms with E-state index in [1.54, 1.807) is 6.20 Å². The van der Waals surface area contributed by atoms with Crippen LogP contribution >= 0.6 is 0 Å². The quantitative estimate of drug-likeness (QED) is 0.819. The van der Waals surface area contributed by atoms with E-state index in [0.29, 0.717) is 11.1 Å². The average Bonchev–Trinajstić information content (AvgIpc) is 2.42. The first kappa shape index (κ1) is 13.0. The van der Waals surface area contributed by atoms with E-state index in [0.717, 1.165) is 25.2 Å². The number of hydrogen-bond donors (Lipinski definition) is 0. The van der Waals surface area contributed by atoms with Gasteiger partial charge in [-0.05, 0) is 37.4 Å². The molecule has 96 valence electrons. The van der Waals surface area contributed by atoms with Gasteiger partial charge in [0.15, 0.2) is 0 Å². The van der Waals surface area contributed by atoms with Gasteiger partial charge < -0.3 is 0 Å². The van der Waals surface area contributed by atoms with E-state index < -0.39 is 0 Å². The highest BCUT2D eigenvalue weighted by Crippen LogP contribution is 2.34. The number of likely N-dealkylation sites (tertiary alicyclic amines) is 1. The largest absolute Gasteiger partial charge is 0.299 e. The van der Waals surface area contributed by atoms with E-state index in [9.17, 15) is 0 Å². The summed E-state index contributed by atoms with van der Waals surface area (Å²) in [7, 11) is 0. The minimum atomic E-state index is 0.517. The zero-order chi connectivity index (χ0) is 13.0. The van der Waals surface area contributed by atoms with E-state index in [1.165, 1.54) is 19.3 Å². The molecule has 0 aromatic carbocycles. The van der Waals surface area contributed by atoms with Crippen LogP contribution in [0.4, 0.5) is 0 Å². The molecule has 1 aromatic rings. The Labute approximate surface area is 109 Å². The molecule has 1 aromatic heterocycles. The average molecular weight is 243 g/mol. The fourth-order valence-corrected chi connectivity index (χ4v) is 2.51. The lowest BCUT2D eigenvalue weighted by molar-refractivity contribution is 0.109. The predicted octanol–water partition coefficient (Wildman–Crippen LogP) is 2.97. The second-order valence-electron chi connectivity index (χ2n) is 5.56. The standard InChI is InChI=1S/C15H21N3/c1-3-15(2)6-9-18(10-7-15)12-13-5-4-8-17-14(13)11-16/h4-5,8H,3,6-7,9-10,12H2,1-2H3. The summed E-state index contributed by atoms with van der Waals surface area (Å²) in [5, 5.41) is 9.04. The molecular weight excluding hydrogens is 222 g/mol. The van der Waals surface area contributed by atoms with Crippen molar-refractivity contribution in [2.45, 2.75) is 39.7 Å². The van der Waals surface area contributed by atoms with Crippen molar-refractivity contribution < 1.29 is 0 Å². The SMILES string of the molecule is CCC1(C)CCN(Cc2cccnc2C#N)CC1. The summed E-state index contributed by atoms with van der Waals surface area (Å²) in [5.41, 5.74) is 2.14. The molecule has 3 heteroatoms. The molecule has 0 saturated carbocycles. The van der Waals surface area contributed by atoms with Gasteiger partial charge in [0.25, 0.3) is 0 Å². The van der Waals surface area contributed by atoms with E-state index >= 15 is 0 Å². The Morgan fingerprint density at radius 3 is 2.78 bits per heavy atom. The number of piperidine rings is 1. The Balaban J connectivity index is 1.98. The van der Waals surface area contributed by atoms with Crippen LogP contribution in [0.3, 0.4) is 0 Å². The van der Waals surface area contributed by atoms with Crippen LogP contribution in [-0.2, 0) is 6.54 Å². The second-order valence-corrected chi connectivity index (χ2v) is 5.56. The van der Waals surface area contributed by atoms with Crippen LogP contribution in [-0.4, -0.2) is 23.0 Å². The molecule has 0 atom stereocenters. The maximum Gasteiger partial charge on any atom is 0.144 e. The number of hydrogen-bond acceptors (Lipinski definition) is 3. The van der Waals surface area contributed by atoms with Crippen LogP contribution in [0, 0.1) is 16.7 Å². The van der Waals surface area contributed by atoms with Gasteiger partial charge in [0.1, 0.15) is 11.8 Å². The van der Waals surface area contributed by atoms with Gasteiger partial charge in [-0.25, -0.2) is 4.98 Å². The van der Waals surface area contributed by atoms with Crippen LogP contribution in [0.1, 0.15) is 44.4 Å². The number of nitriles is 1. The monoisotopic (exact) mass is 243 g/mol. The summed E-state index contributed by atoms with van der Waals surface area (Å²) in [6.07, 6.45) is 5.46. The van der Waals surface area contributed by atoms with Crippen LogP contribution < -0.4 is 0 Å². The van der Waals surface area contributed by atoms with Crippen molar-refractivity contribution in [3.63, 3.8) is 0 Å². The number of nitrogens with zero attached hydrogens (tertiary/aromatic N) is 3. The molecule has 0 aliphatic carbocycles. The molecule has 0 amide bonds. The van der Waals surface area contributed by atoms with Gasteiger partial charge in [0.2, 0.25) is 0 Å². The summed E-state index contributed by atoms with van der Waals surface area (Å²) < 4.78 is 0. The molecule has 1 fully saturated rings. The molecule has 3 nitrogen and oxygen atoms in total. The third-order valence-corrected chi connectivity index (χ3v) is 4.31. The van der Waals surface area contributed by atoms with Crippen molar-refractivity contribution in [1.29, 1.82) is 5.26 Å². The molecule has 2 rings (SSSR count). The van der Waals surface area contributed by atoms with E-state index in [4.69, 9.17) is 5.26 Å². The maximum atomic E-state index is 9.04. The summed E-state index contributed by atoms with van der Waals surface area (Å²) in [5.74, 6) is 0. The predicted molar refractivity (Wildman–Crippen MR) is 71.9 cm³/mol. The first-order valence-electron chi connectivity index (χ1n) is 6.73. The molecule has 1 saturated heterocycles. The third-order valence-electron chi connectivity index (χ3n) is 4.31. The summed E-state index contributed by atoms with van der Waals surface area (Å²) >= 11 is 0. The molecular formula is C15H21N3. The first-order chi connectivity index (χ1) is 8.67. The van der Waals surface area contributed by atoms with Crippen LogP contribution in [0.15, 0.2) is 18.3 Å². The van der Waals surface area contributed by atoms with Crippen molar-refractivity contribution in [1.82, 2.24) is 9.88 Å². The normalized spacial score (nSPS) is 19.4. The lowest BCUT2D eigenvalue weighted by Gasteiger charge is -2.39. The fraction of sp³-hybridized carbons (Fsp3) is 0.600. The van der Waals surface area contributed by atoms with E-state index in [2.05, 4.69) is 29.8 Å². The lowest BCUT2D eigenvalue weighted by atomic mass is 9.78. The Kier molecular flexibility index (Phi) is 3.98. The third kappa shape index (κ3) is 2.88. The second kappa shape index (κ2) is 5.49. The molecule has 2 heterocycles. The molecule has 0 N–H and O–H groups in total. The van der Waals surface area contributed by atoms with Gasteiger partial charge in [0, 0.05) is 18.3 Å². The summed E-state index contributed by atoms with van der Waals surface area (Å²) in [6, 6.07) is 6.10. The maximum absolute atomic E-state index is 9.04. The van der Waals surface area contributed by atoms with E-state index in [-0.39, 0.29) is 0 Å². The van der Waals surface area contributed by atoms with Gasteiger partial charge in [-0.2, -0.15) is 5.26 Å². The van der Waals surface area contributed by atoms with Gasteiger partial charge in [0.05, 0.1) is 0 Å². The Bertz CT molecular complexity index is 439. The number of pyridine rings is 1. The van der Waals surface area contributed by atoms with Crippen molar-refractivity contribution in [3.05, 3.63) is 29.6 Å². The van der Waals surface area contributed by atoms with Gasteiger partial charge in [-0.1, -0.05) is 26.3 Å². The smallest absolute Gasteiger partial charge is 0.144 e. The summed E-state index contributed by atoms with van der Waals surface area (Å²) in [4.78, 5) is 6.56. The highest BCUT2D eigenvalue weighted by Gasteiger charge is 2.28. The highest BCUT2D eigenvalue weighted by atomic mass is 15.1. The minimum absolute atomic E-state index is 0.517. The zero-order valence-electron chi connectivity index (χ0n) is 11.3. The minimum Gasteiger partial charge on any atom is -0.299 e. The van der Waals surface area contributed by atoms with Crippen LogP contribution in [0.25, 0.3) is 0 Å². The summed E-state index contributed by atoms with van der Waals surface area (Å²) in [6.45, 7) is 7.78. The van der Waals surface area contributed by atoms with Crippen molar-refractivity contribution in [3.8, 4) is 6.07 Å². The van der Waals surface area contributed by atoms with Crippen molar-refractivity contribution in [2.24, 2.45) is 5.41 Å². The number of aromatic nitrogens is 1. The molecule has 0 unspecified atom stereocenters. The van der Waals surface area contributed by atoms with Gasteiger partial charge in [-0.15, -0.1) is 0 Å². The van der Waals surface area contributed by atoms with Gasteiger partial charge >= 0.3 is 0 Å². The van der Waals surface area contributed by atoms with E-state index in [1.807, 2.05) is 12.1 Å². The highest BCUT2D eigenvalue weighted by molar-refractivity contribution is 5.30. The van der Waals surface area contributed by atoms with Crippen molar-refractivity contribution in [2.75, 3.05) is 13.1 Å². The molecule has 1 aliphatic rings. The molecule has 18 heavy (non-hydrogen) atoms. The first-order valence-corrected chi connectivity index (χ1v) is 6.73. The Morgan fingerprint density at radius 2 is 2.17 bits per heavy atom. The molecule has 0 bridgehead atoms. The number of rotatable bonds is 3. The zero-order valence-corrected chi connectivity index (χ0v) is 11.3. The fourth-order valence-electron chi connectivity index (χ4n) is 2.51. The Morgan fingerprint density at radius 1 is 1.44 bits per heavy atom. The van der Waals surface area contributed by atoms with Crippen LogP contribution in [0.5, 0.6) is 0 Å². The Hall–Kier alpha value is -1.40. The molecule has 0 spiro atoms. The topological polar surface area (TPSA) is 39.9 Å². The molecule has 1 aliphatic heterocycles. The van der Waals surface area contributed by atoms with Crippen molar-refractivity contribution >= 4 is 0 Å². The van der Waals surface area contributed by atoms with Gasteiger partial charge in [-0.3, -0.25) is 4.90 Å².